The van der Waals surface area contributed by atoms with Gasteiger partial charge in [-0.05, 0) is 57.7 Å². The lowest BCUT2D eigenvalue weighted by Gasteiger charge is -2.32. The maximum atomic E-state index is 6.00. The summed E-state index contributed by atoms with van der Waals surface area (Å²) >= 11 is 0. The standard InChI is InChI=1S/C26H42N6O2/c1-20-23(25(27)30-26(28)29-20)10-7-5-4-6-9-21-11-12-22(19-24(21)33-3)34-18-8-13-32-16-14-31(2)15-17-32/h11-12,19H,4-10,13-18H2,1-3H3,(H4,27,28,29,30). The number of methoxy groups -OCH3 is 1. The van der Waals surface area contributed by atoms with Crippen molar-refractivity contribution in [2.45, 2.75) is 51.9 Å². The second-order valence-corrected chi connectivity index (χ2v) is 9.27. The van der Waals surface area contributed by atoms with Crippen molar-refractivity contribution in [3.8, 4) is 11.5 Å². The van der Waals surface area contributed by atoms with Crippen LogP contribution in [0.1, 0.15) is 48.9 Å². The van der Waals surface area contributed by atoms with Crippen molar-refractivity contribution in [1.29, 1.82) is 0 Å². The molecule has 34 heavy (non-hydrogen) atoms. The number of nitrogens with two attached hydrogens (primary N) is 2. The summed E-state index contributed by atoms with van der Waals surface area (Å²) in [5, 5.41) is 0. The third-order valence-corrected chi connectivity index (χ3v) is 6.63. The van der Waals surface area contributed by atoms with Crippen molar-refractivity contribution in [1.82, 2.24) is 19.8 Å². The van der Waals surface area contributed by atoms with Crippen molar-refractivity contribution in [2.75, 3.05) is 65.0 Å². The summed E-state index contributed by atoms with van der Waals surface area (Å²) in [5.74, 6) is 2.56. The lowest BCUT2D eigenvalue weighted by atomic mass is 10.0. The van der Waals surface area contributed by atoms with E-state index in [-0.39, 0.29) is 5.95 Å². The first-order chi connectivity index (χ1) is 16.5. The zero-order chi connectivity index (χ0) is 24.3. The Morgan fingerprint density at radius 3 is 2.38 bits per heavy atom. The lowest BCUT2D eigenvalue weighted by Crippen LogP contribution is -2.44. The SMILES string of the molecule is COc1cc(OCCCN2CCN(C)CC2)ccc1CCCCCCc1c(C)nc(N)nc1N. The molecule has 0 bridgehead atoms. The van der Waals surface area contributed by atoms with Gasteiger partial charge in [-0.25, -0.2) is 4.98 Å². The van der Waals surface area contributed by atoms with Crippen molar-refractivity contribution >= 4 is 11.8 Å². The summed E-state index contributed by atoms with van der Waals surface area (Å²) in [4.78, 5) is 13.2. The van der Waals surface area contributed by atoms with Gasteiger partial charge in [-0.2, -0.15) is 4.98 Å². The van der Waals surface area contributed by atoms with Crippen LogP contribution in [0.2, 0.25) is 0 Å². The Labute approximate surface area is 204 Å². The molecule has 0 unspecified atom stereocenters. The number of anilines is 2. The van der Waals surface area contributed by atoms with E-state index in [1.165, 1.54) is 5.56 Å². The van der Waals surface area contributed by atoms with E-state index >= 15 is 0 Å². The van der Waals surface area contributed by atoms with Crippen LogP contribution in [-0.2, 0) is 12.8 Å². The van der Waals surface area contributed by atoms with Crippen molar-refractivity contribution in [3.63, 3.8) is 0 Å². The van der Waals surface area contributed by atoms with Crippen LogP contribution >= 0.6 is 0 Å². The van der Waals surface area contributed by atoms with Gasteiger partial charge in [0.15, 0.2) is 0 Å². The fourth-order valence-corrected chi connectivity index (χ4v) is 4.49. The minimum absolute atomic E-state index is 0.245. The Morgan fingerprint density at radius 1 is 0.941 bits per heavy atom. The molecular weight excluding hydrogens is 428 g/mol. The number of aryl methyl sites for hydroxylation is 2. The van der Waals surface area contributed by atoms with E-state index in [1.54, 1.807) is 7.11 Å². The number of piperazine rings is 1. The highest BCUT2D eigenvalue weighted by Crippen LogP contribution is 2.27. The molecular formula is C26H42N6O2. The molecule has 2 aromatic rings. The number of nitrogen functional groups attached to an aromatic ring is 2. The van der Waals surface area contributed by atoms with E-state index in [1.807, 2.05) is 13.0 Å². The quantitative estimate of drug-likeness (QED) is 0.430. The van der Waals surface area contributed by atoms with E-state index in [4.69, 9.17) is 20.9 Å². The number of aromatic nitrogens is 2. The van der Waals surface area contributed by atoms with Gasteiger partial charge in [-0.1, -0.05) is 18.9 Å². The highest BCUT2D eigenvalue weighted by Gasteiger charge is 2.13. The summed E-state index contributed by atoms with van der Waals surface area (Å²) in [7, 11) is 3.92. The number of rotatable bonds is 13. The molecule has 1 aromatic carbocycles. The zero-order valence-corrected chi connectivity index (χ0v) is 21.2. The fourth-order valence-electron chi connectivity index (χ4n) is 4.49. The Kier molecular flexibility index (Phi) is 10.2. The van der Waals surface area contributed by atoms with Gasteiger partial charge >= 0.3 is 0 Å². The molecule has 8 nitrogen and oxygen atoms in total. The number of likely N-dealkylation sites (N-methyl/N-ethyl adjacent to an activating group) is 1. The van der Waals surface area contributed by atoms with E-state index in [2.05, 4.69) is 38.9 Å². The first kappa shape index (κ1) is 26.0. The number of benzene rings is 1. The molecule has 8 heteroatoms. The monoisotopic (exact) mass is 470 g/mol. The van der Waals surface area contributed by atoms with Crippen LogP contribution in [0.15, 0.2) is 18.2 Å². The number of ether oxygens (including phenoxy) is 2. The van der Waals surface area contributed by atoms with E-state index in [0.29, 0.717) is 5.82 Å². The average molecular weight is 471 g/mol. The topological polar surface area (TPSA) is 103 Å². The first-order valence-electron chi connectivity index (χ1n) is 12.6. The smallest absolute Gasteiger partial charge is 0.222 e. The van der Waals surface area contributed by atoms with Gasteiger partial charge in [-0.3, -0.25) is 0 Å². The summed E-state index contributed by atoms with van der Waals surface area (Å²) in [5.41, 5.74) is 14.8. The van der Waals surface area contributed by atoms with Gasteiger partial charge in [0.1, 0.15) is 17.3 Å². The van der Waals surface area contributed by atoms with Gasteiger partial charge < -0.3 is 30.7 Å². The molecule has 1 aliphatic heterocycles. The van der Waals surface area contributed by atoms with Gasteiger partial charge in [0.25, 0.3) is 0 Å². The Hall–Kier alpha value is -2.58. The van der Waals surface area contributed by atoms with Crippen molar-refractivity contribution in [2.24, 2.45) is 0 Å². The van der Waals surface area contributed by atoms with Crippen LogP contribution in [0.5, 0.6) is 11.5 Å². The Bertz CT molecular complexity index is 876. The molecule has 0 aliphatic carbocycles. The van der Waals surface area contributed by atoms with E-state index in [9.17, 15) is 0 Å². The minimum atomic E-state index is 0.245. The zero-order valence-electron chi connectivity index (χ0n) is 21.2. The highest BCUT2D eigenvalue weighted by atomic mass is 16.5. The molecule has 3 rings (SSSR count). The van der Waals surface area contributed by atoms with Crippen LogP contribution in [0.4, 0.5) is 11.8 Å². The average Bonchev–Trinajstić information content (AvgIpc) is 2.81. The number of nitrogens with zero attached hydrogens (tertiary/aromatic N) is 4. The molecule has 1 saturated heterocycles. The van der Waals surface area contributed by atoms with Crippen LogP contribution in [0.3, 0.4) is 0 Å². The highest BCUT2D eigenvalue weighted by molar-refractivity contribution is 5.45. The molecule has 2 heterocycles. The normalized spacial score (nSPS) is 14.9. The van der Waals surface area contributed by atoms with Gasteiger partial charge in [0.05, 0.1) is 13.7 Å². The Morgan fingerprint density at radius 2 is 1.68 bits per heavy atom. The second kappa shape index (κ2) is 13.3. The van der Waals surface area contributed by atoms with E-state index in [0.717, 1.165) is 107 Å². The van der Waals surface area contributed by atoms with Crippen LogP contribution in [0, 0.1) is 6.92 Å². The van der Waals surface area contributed by atoms with Gasteiger partial charge in [-0.15, -0.1) is 0 Å². The molecule has 0 atom stereocenters. The van der Waals surface area contributed by atoms with Crippen LogP contribution < -0.4 is 20.9 Å². The molecule has 1 fully saturated rings. The summed E-state index contributed by atoms with van der Waals surface area (Å²) in [6, 6.07) is 6.24. The minimum Gasteiger partial charge on any atom is -0.496 e. The summed E-state index contributed by atoms with van der Waals surface area (Å²) < 4.78 is 11.6. The Balaban J connectivity index is 1.34. The molecule has 1 aliphatic rings. The molecule has 0 spiro atoms. The lowest BCUT2D eigenvalue weighted by molar-refractivity contribution is 0.145. The van der Waals surface area contributed by atoms with Crippen LogP contribution in [0.25, 0.3) is 0 Å². The van der Waals surface area contributed by atoms with E-state index < -0.39 is 0 Å². The molecule has 4 N–H and O–H groups in total. The molecule has 0 radical (unpaired) electrons. The third kappa shape index (κ3) is 8.02. The van der Waals surface area contributed by atoms with Crippen LogP contribution in [-0.4, -0.2) is 73.3 Å². The first-order valence-corrected chi connectivity index (χ1v) is 12.6. The predicted octanol–water partition coefficient (Wildman–Crippen LogP) is 3.32. The maximum Gasteiger partial charge on any atom is 0.222 e. The number of unbranched alkanes of at least 4 members (excludes halogenated alkanes) is 3. The fraction of sp³-hybridized carbons (Fsp3) is 0.615. The number of hydrogen-bond donors (Lipinski definition) is 2. The third-order valence-electron chi connectivity index (χ3n) is 6.63. The predicted molar refractivity (Wildman–Crippen MR) is 139 cm³/mol. The molecule has 1 aromatic heterocycles. The number of hydrogen-bond acceptors (Lipinski definition) is 8. The van der Waals surface area contributed by atoms with Gasteiger partial charge in [0, 0.05) is 50.0 Å². The summed E-state index contributed by atoms with van der Waals surface area (Å²) in [6.45, 7) is 8.40. The molecule has 0 saturated carbocycles. The summed E-state index contributed by atoms with van der Waals surface area (Å²) in [6.07, 6.45) is 7.41. The largest absolute Gasteiger partial charge is 0.496 e. The maximum absolute atomic E-state index is 6.00. The van der Waals surface area contributed by atoms with Gasteiger partial charge in [0.2, 0.25) is 5.95 Å². The van der Waals surface area contributed by atoms with Crippen molar-refractivity contribution < 1.29 is 9.47 Å². The second-order valence-electron chi connectivity index (χ2n) is 9.27. The molecule has 0 amide bonds. The molecule has 188 valence electrons. The van der Waals surface area contributed by atoms with Crippen molar-refractivity contribution in [3.05, 3.63) is 35.0 Å².